The lowest BCUT2D eigenvalue weighted by molar-refractivity contribution is -0.125. The fourth-order valence-electron chi connectivity index (χ4n) is 2.88. The van der Waals surface area contributed by atoms with Crippen LogP contribution in [-0.2, 0) is 17.9 Å². The third kappa shape index (κ3) is 3.90. The maximum absolute atomic E-state index is 13.2. The summed E-state index contributed by atoms with van der Waals surface area (Å²) in [5.41, 5.74) is 2.03. The second-order valence-electron chi connectivity index (χ2n) is 7.15. The number of carbonyl (C=O) groups excluding carboxylic acids is 1. The molecule has 1 amide bonds. The van der Waals surface area contributed by atoms with E-state index in [-0.39, 0.29) is 17.9 Å². The number of amides is 1. The van der Waals surface area contributed by atoms with Gasteiger partial charge in [-0.05, 0) is 37.1 Å². The average molecular weight is 388 g/mol. The van der Waals surface area contributed by atoms with Crippen LogP contribution in [0.5, 0.6) is 5.75 Å². The Bertz CT molecular complexity index is 1010. The molecule has 0 unspecified atom stereocenters. The number of rotatable bonds is 6. The first-order valence-electron chi connectivity index (χ1n) is 8.77. The van der Waals surface area contributed by atoms with Crippen LogP contribution in [0.4, 0.5) is 4.39 Å². The highest BCUT2D eigenvalue weighted by Crippen LogP contribution is 2.45. The first-order chi connectivity index (χ1) is 12.9. The molecule has 27 heavy (non-hydrogen) atoms. The molecule has 2 N–H and O–H groups in total. The first kappa shape index (κ1) is 17.8. The van der Waals surface area contributed by atoms with Crippen molar-refractivity contribution in [2.75, 3.05) is 0 Å². The minimum Gasteiger partial charge on any atom is -0.486 e. The number of fused-ring (bicyclic) bond motifs is 1. The Morgan fingerprint density at radius 2 is 2.19 bits per heavy atom. The average Bonchev–Trinajstić information content (AvgIpc) is 3.27. The zero-order chi connectivity index (χ0) is 19.0. The molecule has 1 aliphatic rings. The molecular weight excluding hydrogens is 369 g/mol. The first-order valence-corrected chi connectivity index (χ1v) is 9.14. The summed E-state index contributed by atoms with van der Waals surface area (Å²) in [6.07, 6.45) is 1.89. The van der Waals surface area contributed by atoms with E-state index in [1.54, 1.807) is 24.3 Å². The summed E-state index contributed by atoms with van der Waals surface area (Å²) in [6, 6.07) is 10.1. The van der Waals surface area contributed by atoms with E-state index in [9.17, 15) is 9.18 Å². The Labute approximate surface area is 160 Å². The maximum atomic E-state index is 13.2. The van der Waals surface area contributed by atoms with Crippen molar-refractivity contribution in [1.29, 1.82) is 0 Å². The van der Waals surface area contributed by atoms with Crippen molar-refractivity contribution in [1.82, 2.24) is 15.3 Å². The smallest absolute Gasteiger partial charge is 0.226 e. The molecular formula is C20H19ClFN3O2. The summed E-state index contributed by atoms with van der Waals surface area (Å²) >= 11 is 6.30. The van der Waals surface area contributed by atoms with Crippen LogP contribution in [0.3, 0.4) is 0 Å². The molecule has 1 fully saturated rings. The van der Waals surface area contributed by atoms with Crippen molar-refractivity contribution < 1.29 is 13.9 Å². The van der Waals surface area contributed by atoms with Gasteiger partial charge in [0.1, 0.15) is 12.4 Å². The Kier molecular flexibility index (Phi) is 4.52. The number of nitrogens with zero attached hydrogens (tertiary/aromatic N) is 1. The number of aromatic nitrogens is 2. The van der Waals surface area contributed by atoms with Crippen LogP contribution in [0.15, 0.2) is 36.4 Å². The molecule has 2 aromatic heterocycles. The number of carbonyl (C=O) groups is 1. The van der Waals surface area contributed by atoms with Crippen molar-refractivity contribution in [2.24, 2.45) is 5.41 Å². The van der Waals surface area contributed by atoms with Crippen LogP contribution >= 0.6 is 11.6 Å². The minimum atomic E-state index is -0.547. The van der Waals surface area contributed by atoms with Crippen molar-refractivity contribution in [3.05, 3.63) is 58.8 Å². The van der Waals surface area contributed by atoms with Gasteiger partial charge in [-0.2, -0.15) is 4.39 Å². The largest absolute Gasteiger partial charge is 0.486 e. The minimum absolute atomic E-state index is 0.0887. The molecule has 5 nitrogen and oxygen atoms in total. The molecule has 0 aliphatic heterocycles. The van der Waals surface area contributed by atoms with Gasteiger partial charge in [-0.3, -0.25) is 4.79 Å². The monoisotopic (exact) mass is 387 g/mol. The molecule has 7 heteroatoms. The van der Waals surface area contributed by atoms with Gasteiger partial charge in [0.15, 0.2) is 0 Å². The van der Waals surface area contributed by atoms with Crippen LogP contribution < -0.4 is 10.1 Å². The molecule has 140 valence electrons. The van der Waals surface area contributed by atoms with E-state index >= 15 is 0 Å². The second kappa shape index (κ2) is 6.85. The van der Waals surface area contributed by atoms with Gasteiger partial charge < -0.3 is 15.0 Å². The fraction of sp³-hybridized carbons (Fsp3) is 0.300. The van der Waals surface area contributed by atoms with Gasteiger partial charge in [0.05, 0.1) is 17.3 Å². The molecule has 0 bridgehead atoms. The predicted octanol–water partition coefficient (Wildman–Crippen LogP) is 4.35. The summed E-state index contributed by atoms with van der Waals surface area (Å²) in [5, 5.41) is 4.35. The highest BCUT2D eigenvalue weighted by molar-refractivity contribution is 6.32. The third-order valence-corrected chi connectivity index (χ3v) is 5.16. The van der Waals surface area contributed by atoms with Crippen LogP contribution in [-0.4, -0.2) is 15.9 Å². The number of benzene rings is 1. The van der Waals surface area contributed by atoms with Gasteiger partial charge >= 0.3 is 0 Å². The predicted molar refractivity (Wildman–Crippen MR) is 101 cm³/mol. The molecule has 1 saturated carbocycles. The van der Waals surface area contributed by atoms with Crippen molar-refractivity contribution in [3.8, 4) is 5.75 Å². The van der Waals surface area contributed by atoms with Crippen LogP contribution in [0, 0.1) is 11.4 Å². The van der Waals surface area contributed by atoms with E-state index in [1.807, 2.05) is 13.0 Å². The normalized spacial score (nSPS) is 14.9. The number of hydrogen-bond acceptors (Lipinski definition) is 3. The molecule has 2 heterocycles. The number of pyridine rings is 1. The quantitative estimate of drug-likeness (QED) is 0.618. The Morgan fingerprint density at radius 1 is 1.37 bits per heavy atom. The van der Waals surface area contributed by atoms with E-state index in [0.29, 0.717) is 23.0 Å². The van der Waals surface area contributed by atoms with Crippen molar-refractivity contribution >= 4 is 28.4 Å². The van der Waals surface area contributed by atoms with Gasteiger partial charge in [-0.15, -0.1) is 0 Å². The molecule has 0 spiro atoms. The molecule has 1 aromatic carbocycles. The number of nitrogens with one attached hydrogen (secondary N) is 2. The molecule has 0 atom stereocenters. The number of H-pyrrole nitrogens is 1. The summed E-state index contributed by atoms with van der Waals surface area (Å²) in [5.74, 6) is 0.0257. The van der Waals surface area contributed by atoms with E-state index in [0.717, 1.165) is 29.4 Å². The zero-order valence-corrected chi connectivity index (χ0v) is 15.6. The lowest BCUT2D eigenvalue weighted by Crippen LogP contribution is -2.29. The molecule has 0 radical (unpaired) electrons. The molecule has 1 aliphatic carbocycles. The summed E-state index contributed by atoms with van der Waals surface area (Å²) < 4.78 is 18.9. The Morgan fingerprint density at radius 3 is 2.93 bits per heavy atom. The lowest BCUT2D eigenvalue weighted by Gasteiger charge is -2.08. The fourth-order valence-corrected chi connectivity index (χ4v) is 3.11. The van der Waals surface area contributed by atoms with E-state index in [2.05, 4.69) is 15.3 Å². The van der Waals surface area contributed by atoms with Crippen molar-refractivity contribution in [2.45, 2.75) is 32.9 Å². The standard InChI is InChI=1S/C20H19ClFN3O2/c1-20(5-6-20)19(26)23-10-14-7-12-8-15(21)17(9-16(12)24-14)27-11-13-3-2-4-18(22)25-13/h2-4,7-9,24H,5-6,10-11H2,1H3,(H,23,26). The summed E-state index contributed by atoms with van der Waals surface area (Å²) in [4.78, 5) is 19.1. The van der Waals surface area contributed by atoms with E-state index in [4.69, 9.17) is 16.3 Å². The SMILES string of the molecule is CC1(C(=O)NCc2cc3cc(Cl)c(OCc4cccc(F)n4)cc3[nH]2)CC1. The van der Waals surface area contributed by atoms with Gasteiger partial charge in [0.2, 0.25) is 11.9 Å². The number of halogens is 2. The van der Waals surface area contributed by atoms with E-state index in [1.165, 1.54) is 6.07 Å². The molecule has 3 aromatic rings. The zero-order valence-electron chi connectivity index (χ0n) is 14.8. The molecule has 4 rings (SSSR count). The summed E-state index contributed by atoms with van der Waals surface area (Å²) in [7, 11) is 0. The maximum Gasteiger partial charge on any atom is 0.226 e. The van der Waals surface area contributed by atoms with Gasteiger partial charge in [-0.25, -0.2) is 4.98 Å². The van der Waals surface area contributed by atoms with Gasteiger partial charge in [-0.1, -0.05) is 24.6 Å². The topological polar surface area (TPSA) is 67.0 Å². The van der Waals surface area contributed by atoms with Gasteiger partial charge in [0, 0.05) is 28.1 Å². The number of hydrogen-bond donors (Lipinski definition) is 2. The molecule has 0 saturated heterocycles. The van der Waals surface area contributed by atoms with Crippen LogP contribution in [0.2, 0.25) is 5.02 Å². The summed E-state index contributed by atoms with van der Waals surface area (Å²) in [6.45, 7) is 2.53. The Balaban J connectivity index is 1.46. The van der Waals surface area contributed by atoms with Crippen LogP contribution in [0.1, 0.15) is 31.2 Å². The van der Waals surface area contributed by atoms with Crippen LogP contribution in [0.25, 0.3) is 10.9 Å². The number of ether oxygens (including phenoxy) is 1. The van der Waals surface area contributed by atoms with Gasteiger partial charge in [0.25, 0.3) is 0 Å². The third-order valence-electron chi connectivity index (χ3n) is 4.86. The highest BCUT2D eigenvalue weighted by atomic mass is 35.5. The van der Waals surface area contributed by atoms with Crippen molar-refractivity contribution in [3.63, 3.8) is 0 Å². The Hall–Kier alpha value is -2.60. The lowest BCUT2D eigenvalue weighted by atomic mass is 10.1. The van der Waals surface area contributed by atoms with E-state index < -0.39 is 5.95 Å². The highest BCUT2D eigenvalue weighted by Gasteiger charge is 2.44. The second-order valence-corrected chi connectivity index (χ2v) is 7.56. The number of aromatic amines is 1.